The summed E-state index contributed by atoms with van der Waals surface area (Å²) >= 11 is 0. The summed E-state index contributed by atoms with van der Waals surface area (Å²) in [5.74, 6) is -1.38. The molecule has 1 N–H and O–H groups in total. The molecule has 0 amide bonds. The molecule has 3 aromatic heterocycles. The monoisotopic (exact) mass is 526 g/mol. The Labute approximate surface area is 214 Å². The third kappa shape index (κ3) is 5.60. The Hall–Kier alpha value is -3.50. The smallest absolute Gasteiger partial charge is 0.259 e. The fourth-order valence-corrected chi connectivity index (χ4v) is 4.72. The number of nitrogens with one attached hydrogen (secondary N) is 1. The number of halogens is 3. The number of hydrogen-bond donors (Lipinski definition) is 1. The lowest BCUT2D eigenvalue weighted by molar-refractivity contribution is 0.272. The summed E-state index contributed by atoms with van der Waals surface area (Å²) in [5.41, 5.74) is -0.527. The van der Waals surface area contributed by atoms with E-state index in [9.17, 15) is 18.0 Å². The minimum Gasteiger partial charge on any atom is -0.415 e. The van der Waals surface area contributed by atoms with Crippen molar-refractivity contribution in [1.82, 2.24) is 14.5 Å². The Bertz CT molecular complexity index is 1480. The lowest BCUT2D eigenvalue weighted by Crippen LogP contribution is -2.42. The van der Waals surface area contributed by atoms with Gasteiger partial charge in [-0.15, -0.1) is 0 Å². The van der Waals surface area contributed by atoms with Crippen molar-refractivity contribution in [2.45, 2.75) is 45.4 Å². The van der Waals surface area contributed by atoms with Gasteiger partial charge in [0.05, 0.1) is 29.4 Å². The van der Waals surface area contributed by atoms with Crippen LogP contribution in [-0.2, 0) is 11.0 Å². The first-order chi connectivity index (χ1) is 17.4. The summed E-state index contributed by atoms with van der Waals surface area (Å²) in [7, 11) is -2.10. The Morgan fingerprint density at radius 2 is 1.65 bits per heavy atom. The zero-order valence-electron chi connectivity index (χ0n) is 21.4. The zero-order valence-corrected chi connectivity index (χ0v) is 22.4. The first-order valence-corrected chi connectivity index (χ1v) is 14.8. The molecule has 194 valence electrons. The summed E-state index contributed by atoms with van der Waals surface area (Å²) in [6.45, 7) is 11.0. The van der Waals surface area contributed by atoms with Crippen LogP contribution in [0.2, 0.25) is 18.1 Å². The average Bonchev–Trinajstić information content (AvgIpc) is 2.82. The molecule has 0 aliphatic heterocycles. The molecule has 0 aliphatic rings. The maximum Gasteiger partial charge on any atom is 0.259 e. The predicted octanol–water partition coefficient (Wildman–Crippen LogP) is 6.64. The van der Waals surface area contributed by atoms with E-state index in [-0.39, 0.29) is 29.3 Å². The van der Waals surface area contributed by atoms with Crippen molar-refractivity contribution in [2.75, 3.05) is 11.9 Å². The van der Waals surface area contributed by atoms with Crippen LogP contribution in [0.15, 0.2) is 59.7 Å². The van der Waals surface area contributed by atoms with Crippen LogP contribution >= 0.6 is 0 Å². The second-order valence-corrected chi connectivity index (χ2v) is 15.1. The molecular weight excluding hydrogens is 497 g/mol. The van der Waals surface area contributed by atoms with Crippen LogP contribution in [0.4, 0.5) is 24.8 Å². The van der Waals surface area contributed by atoms with E-state index >= 15 is 0 Å². The van der Waals surface area contributed by atoms with Gasteiger partial charge < -0.3 is 14.3 Å². The Morgan fingerprint density at radius 1 is 0.973 bits per heavy atom. The van der Waals surface area contributed by atoms with Crippen LogP contribution < -0.4 is 10.9 Å². The van der Waals surface area contributed by atoms with Crippen molar-refractivity contribution in [2.24, 2.45) is 0 Å². The van der Waals surface area contributed by atoms with Crippen molar-refractivity contribution in [1.29, 1.82) is 0 Å². The fraction of sp³-hybridized carbons (Fsp3) is 0.296. The van der Waals surface area contributed by atoms with Gasteiger partial charge in [0.1, 0.15) is 29.1 Å². The molecule has 0 aliphatic carbocycles. The highest BCUT2D eigenvalue weighted by Crippen LogP contribution is 2.36. The fourth-order valence-electron chi connectivity index (χ4n) is 3.69. The number of hydrogen-bond acceptors (Lipinski definition) is 5. The Balaban J connectivity index is 1.81. The van der Waals surface area contributed by atoms with Crippen molar-refractivity contribution >= 4 is 30.9 Å². The highest BCUT2D eigenvalue weighted by Gasteiger charge is 2.37. The van der Waals surface area contributed by atoms with E-state index in [1.807, 2.05) is 0 Å². The van der Waals surface area contributed by atoms with Gasteiger partial charge in [-0.2, -0.15) is 0 Å². The second kappa shape index (κ2) is 10.1. The van der Waals surface area contributed by atoms with Crippen LogP contribution in [0.3, 0.4) is 0 Å². The van der Waals surface area contributed by atoms with E-state index in [4.69, 9.17) is 4.43 Å². The maximum absolute atomic E-state index is 14.7. The standard InChI is InChI=1S/C27H29F3N4O2Si/c1-27(2,3)37(4,5)36-12-11-34-22-14-24(33-23-10-9-18(28)16-32-23)31-15-17(22)13-19(26(34)35)25-20(29)7-6-8-21(25)30/h6-10,13-16H,11-12H2,1-5H3,(H,31,32,33). The van der Waals surface area contributed by atoms with Crippen molar-refractivity contribution in [3.05, 3.63) is 82.7 Å². The largest absolute Gasteiger partial charge is 0.415 e. The van der Waals surface area contributed by atoms with Crippen LogP contribution in [0.1, 0.15) is 20.8 Å². The van der Waals surface area contributed by atoms with Gasteiger partial charge in [0.25, 0.3) is 5.56 Å². The lowest BCUT2D eigenvalue weighted by atomic mass is 10.0. The molecule has 0 saturated carbocycles. The van der Waals surface area contributed by atoms with E-state index in [0.29, 0.717) is 22.5 Å². The summed E-state index contributed by atoms with van der Waals surface area (Å²) in [5, 5.41) is 3.48. The summed E-state index contributed by atoms with van der Waals surface area (Å²) in [6.07, 6.45) is 2.58. The Morgan fingerprint density at radius 3 is 2.27 bits per heavy atom. The van der Waals surface area contributed by atoms with E-state index < -0.39 is 31.3 Å². The minimum atomic E-state index is -2.10. The van der Waals surface area contributed by atoms with E-state index in [0.717, 1.165) is 18.3 Å². The zero-order chi connectivity index (χ0) is 27.0. The van der Waals surface area contributed by atoms with Crippen molar-refractivity contribution in [3.8, 4) is 11.1 Å². The van der Waals surface area contributed by atoms with Gasteiger partial charge in [0.2, 0.25) is 0 Å². The third-order valence-electron chi connectivity index (χ3n) is 6.78. The molecule has 0 spiro atoms. The average molecular weight is 527 g/mol. The van der Waals surface area contributed by atoms with Crippen LogP contribution in [0.25, 0.3) is 22.0 Å². The van der Waals surface area contributed by atoms with Gasteiger partial charge in [0.15, 0.2) is 8.32 Å². The highest BCUT2D eigenvalue weighted by molar-refractivity contribution is 6.74. The summed E-state index contributed by atoms with van der Waals surface area (Å²) in [6, 6.07) is 9.31. The number of anilines is 2. The lowest BCUT2D eigenvalue weighted by Gasteiger charge is -2.36. The SMILES string of the molecule is CC(C)(C)[Si](C)(C)OCCn1c(=O)c(-c2c(F)cccc2F)cc2cnc(Nc3ccc(F)cn3)cc21. The number of rotatable bonds is 7. The van der Waals surface area contributed by atoms with Gasteiger partial charge >= 0.3 is 0 Å². The molecular formula is C27H29F3N4O2Si. The van der Waals surface area contributed by atoms with E-state index in [2.05, 4.69) is 49.1 Å². The van der Waals surface area contributed by atoms with E-state index in [1.54, 1.807) is 6.07 Å². The van der Waals surface area contributed by atoms with Crippen LogP contribution in [0.5, 0.6) is 0 Å². The number of aromatic nitrogens is 3. The molecule has 0 fully saturated rings. The van der Waals surface area contributed by atoms with Crippen molar-refractivity contribution in [3.63, 3.8) is 0 Å². The predicted molar refractivity (Wildman–Crippen MR) is 142 cm³/mol. The van der Waals surface area contributed by atoms with Crippen molar-refractivity contribution < 1.29 is 17.6 Å². The molecule has 4 rings (SSSR count). The molecule has 0 bridgehead atoms. The van der Waals surface area contributed by atoms with Gasteiger partial charge in [-0.3, -0.25) is 4.79 Å². The van der Waals surface area contributed by atoms with Gasteiger partial charge in [-0.1, -0.05) is 26.8 Å². The first-order valence-electron chi connectivity index (χ1n) is 11.9. The first kappa shape index (κ1) is 26.6. The van der Waals surface area contributed by atoms with Crippen LogP contribution in [0, 0.1) is 17.5 Å². The maximum atomic E-state index is 14.7. The van der Waals surface area contributed by atoms with Gasteiger partial charge in [-0.05, 0) is 48.5 Å². The minimum absolute atomic E-state index is 0.0264. The molecule has 3 heterocycles. The van der Waals surface area contributed by atoms with E-state index in [1.165, 1.54) is 35.0 Å². The highest BCUT2D eigenvalue weighted by atomic mass is 28.4. The number of benzene rings is 1. The third-order valence-corrected chi connectivity index (χ3v) is 11.3. The van der Waals surface area contributed by atoms with Crippen LogP contribution in [-0.4, -0.2) is 29.5 Å². The second-order valence-electron chi connectivity index (χ2n) is 10.3. The number of nitrogens with zero attached hydrogens (tertiary/aromatic N) is 3. The number of fused-ring (bicyclic) bond motifs is 1. The molecule has 6 nitrogen and oxygen atoms in total. The molecule has 4 aromatic rings. The summed E-state index contributed by atoms with van der Waals surface area (Å²) < 4.78 is 50.3. The molecule has 37 heavy (non-hydrogen) atoms. The Kier molecular flexibility index (Phi) is 7.25. The van der Waals surface area contributed by atoms with Gasteiger partial charge in [0, 0.05) is 24.2 Å². The normalized spacial score (nSPS) is 12.2. The summed E-state index contributed by atoms with van der Waals surface area (Å²) in [4.78, 5) is 22.0. The molecule has 0 saturated heterocycles. The molecule has 1 aromatic carbocycles. The molecule has 0 unspecified atom stereocenters. The number of pyridine rings is 3. The molecule has 0 atom stereocenters. The quantitative estimate of drug-likeness (QED) is 0.273. The molecule has 0 radical (unpaired) electrons. The van der Waals surface area contributed by atoms with Gasteiger partial charge in [-0.25, -0.2) is 23.1 Å². The molecule has 10 heteroatoms. The topological polar surface area (TPSA) is 69.0 Å².